The molecule has 0 amide bonds. The predicted octanol–water partition coefficient (Wildman–Crippen LogP) is 1.68. The van der Waals surface area contributed by atoms with Gasteiger partial charge in [0.2, 0.25) is 5.28 Å². The van der Waals surface area contributed by atoms with Crippen LogP contribution in [0.4, 0.5) is 5.82 Å². The summed E-state index contributed by atoms with van der Waals surface area (Å²) in [7, 11) is 1.68. The number of halogens is 1. The van der Waals surface area contributed by atoms with E-state index >= 15 is 0 Å². The normalized spacial score (nSPS) is 14.0. The number of aryl methyl sites for hydroxylation is 1. The van der Waals surface area contributed by atoms with Gasteiger partial charge in [-0.2, -0.15) is 0 Å². The van der Waals surface area contributed by atoms with E-state index in [2.05, 4.69) is 15.3 Å². The molecule has 0 radical (unpaired) electrons. The second-order valence-electron chi connectivity index (χ2n) is 3.54. The molecule has 0 bridgehead atoms. The topological polar surface area (TPSA) is 47.0 Å². The molecule has 0 spiro atoms. The summed E-state index contributed by atoms with van der Waals surface area (Å²) in [4.78, 5) is 8.43. The van der Waals surface area contributed by atoms with Gasteiger partial charge in [-0.05, 0) is 30.9 Å². The fraction of sp³-hybridized carbons (Fsp3) is 0.600. The number of ether oxygens (including phenoxy) is 1. The molecule has 0 saturated carbocycles. The molecule has 1 N–H and O–H groups in total. The Bertz CT molecular complexity index is 357. The van der Waals surface area contributed by atoms with Crippen molar-refractivity contribution in [1.82, 2.24) is 9.97 Å². The standard InChI is InChI=1S/C10H14ClN3O/c1-15-6-5-12-9-7-3-2-4-8(7)13-10(11)14-9/h2-6H2,1H3,(H,12,13,14). The van der Waals surface area contributed by atoms with Crippen LogP contribution in [0.1, 0.15) is 17.7 Å². The molecule has 1 heterocycles. The third-order valence-electron chi connectivity index (χ3n) is 2.50. The number of methoxy groups -OCH3 is 1. The van der Waals surface area contributed by atoms with Crippen LogP contribution in [-0.4, -0.2) is 30.2 Å². The maximum Gasteiger partial charge on any atom is 0.224 e. The zero-order valence-corrected chi connectivity index (χ0v) is 9.47. The molecule has 15 heavy (non-hydrogen) atoms. The third-order valence-corrected chi connectivity index (χ3v) is 2.67. The molecule has 0 unspecified atom stereocenters. The van der Waals surface area contributed by atoms with Crippen molar-refractivity contribution < 1.29 is 4.74 Å². The predicted molar refractivity (Wildman–Crippen MR) is 59.4 cm³/mol. The van der Waals surface area contributed by atoms with E-state index in [1.54, 1.807) is 7.11 Å². The molecule has 1 aliphatic carbocycles. The van der Waals surface area contributed by atoms with Gasteiger partial charge in [0.15, 0.2) is 0 Å². The molecule has 0 aromatic carbocycles. The van der Waals surface area contributed by atoms with E-state index in [1.807, 2.05) is 0 Å². The number of anilines is 1. The van der Waals surface area contributed by atoms with Crippen molar-refractivity contribution in [2.24, 2.45) is 0 Å². The van der Waals surface area contributed by atoms with E-state index in [-0.39, 0.29) is 0 Å². The average Bonchev–Trinajstić information content (AvgIpc) is 2.65. The Morgan fingerprint density at radius 3 is 3.07 bits per heavy atom. The van der Waals surface area contributed by atoms with Gasteiger partial charge in [0.05, 0.1) is 12.3 Å². The lowest BCUT2D eigenvalue weighted by Gasteiger charge is -2.09. The lowest BCUT2D eigenvalue weighted by atomic mass is 10.2. The summed E-state index contributed by atoms with van der Waals surface area (Å²) in [6, 6.07) is 0. The van der Waals surface area contributed by atoms with Crippen LogP contribution in [0.5, 0.6) is 0 Å². The molecule has 1 aliphatic rings. The van der Waals surface area contributed by atoms with Gasteiger partial charge in [0.1, 0.15) is 5.82 Å². The van der Waals surface area contributed by atoms with Crippen molar-refractivity contribution in [1.29, 1.82) is 0 Å². The van der Waals surface area contributed by atoms with Crippen LogP contribution in [0.3, 0.4) is 0 Å². The van der Waals surface area contributed by atoms with Gasteiger partial charge < -0.3 is 10.1 Å². The molecule has 82 valence electrons. The average molecular weight is 228 g/mol. The number of nitrogens with zero attached hydrogens (tertiary/aromatic N) is 2. The number of aromatic nitrogens is 2. The van der Waals surface area contributed by atoms with Crippen molar-refractivity contribution in [3.05, 3.63) is 16.5 Å². The van der Waals surface area contributed by atoms with Crippen LogP contribution in [-0.2, 0) is 17.6 Å². The monoisotopic (exact) mass is 227 g/mol. The van der Waals surface area contributed by atoms with Gasteiger partial charge in [0, 0.05) is 19.2 Å². The molecule has 1 aromatic rings. The van der Waals surface area contributed by atoms with Gasteiger partial charge in [0.25, 0.3) is 0 Å². The summed E-state index contributed by atoms with van der Waals surface area (Å²) < 4.78 is 4.97. The molecule has 1 aromatic heterocycles. The Labute approximate surface area is 94.0 Å². The van der Waals surface area contributed by atoms with Crippen LogP contribution in [0.25, 0.3) is 0 Å². The summed E-state index contributed by atoms with van der Waals surface area (Å²) in [6.45, 7) is 1.41. The quantitative estimate of drug-likeness (QED) is 0.628. The number of fused-ring (bicyclic) bond motifs is 1. The lowest BCUT2D eigenvalue weighted by Crippen LogP contribution is -2.11. The van der Waals surface area contributed by atoms with Crippen LogP contribution >= 0.6 is 11.6 Å². The van der Waals surface area contributed by atoms with E-state index in [0.717, 1.165) is 37.3 Å². The fourth-order valence-corrected chi connectivity index (χ4v) is 2.01. The van der Waals surface area contributed by atoms with Crippen LogP contribution in [0.2, 0.25) is 5.28 Å². The van der Waals surface area contributed by atoms with Gasteiger partial charge in [-0.15, -0.1) is 0 Å². The van der Waals surface area contributed by atoms with Crippen LogP contribution in [0.15, 0.2) is 0 Å². The van der Waals surface area contributed by atoms with Crippen molar-refractivity contribution in [3.63, 3.8) is 0 Å². The maximum absolute atomic E-state index is 5.85. The highest BCUT2D eigenvalue weighted by molar-refractivity contribution is 6.28. The molecular formula is C10H14ClN3O. The summed E-state index contributed by atoms with van der Waals surface area (Å²) in [5.41, 5.74) is 2.31. The van der Waals surface area contributed by atoms with Crippen molar-refractivity contribution in [2.45, 2.75) is 19.3 Å². The largest absolute Gasteiger partial charge is 0.383 e. The molecule has 0 fully saturated rings. The number of nitrogens with one attached hydrogen (secondary N) is 1. The SMILES string of the molecule is COCCNc1nc(Cl)nc2c1CCC2. The smallest absolute Gasteiger partial charge is 0.224 e. The van der Waals surface area contributed by atoms with Crippen molar-refractivity contribution in [2.75, 3.05) is 25.6 Å². The lowest BCUT2D eigenvalue weighted by molar-refractivity contribution is 0.210. The first-order valence-electron chi connectivity index (χ1n) is 5.09. The Morgan fingerprint density at radius 1 is 1.40 bits per heavy atom. The fourth-order valence-electron chi connectivity index (χ4n) is 1.82. The Kier molecular flexibility index (Phi) is 3.38. The minimum Gasteiger partial charge on any atom is -0.383 e. The Balaban J connectivity index is 2.15. The Morgan fingerprint density at radius 2 is 2.27 bits per heavy atom. The molecular weight excluding hydrogens is 214 g/mol. The second-order valence-corrected chi connectivity index (χ2v) is 3.88. The number of rotatable bonds is 4. The molecule has 5 heteroatoms. The van der Waals surface area contributed by atoms with Crippen LogP contribution in [0, 0.1) is 0 Å². The second kappa shape index (κ2) is 4.77. The highest BCUT2D eigenvalue weighted by atomic mass is 35.5. The van der Waals surface area contributed by atoms with E-state index in [1.165, 1.54) is 5.56 Å². The van der Waals surface area contributed by atoms with Gasteiger partial charge in [-0.3, -0.25) is 0 Å². The first kappa shape index (κ1) is 10.6. The molecule has 0 aliphatic heterocycles. The minimum absolute atomic E-state index is 0.329. The Hall–Kier alpha value is -0.870. The molecule has 0 saturated heterocycles. The maximum atomic E-state index is 5.85. The van der Waals surface area contributed by atoms with Gasteiger partial charge >= 0.3 is 0 Å². The summed E-state index contributed by atoms with van der Waals surface area (Å²) in [5.74, 6) is 0.875. The van der Waals surface area contributed by atoms with Crippen LogP contribution < -0.4 is 5.32 Å². The summed E-state index contributed by atoms with van der Waals surface area (Å²) in [6.07, 6.45) is 3.20. The zero-order valence-electron chi connectivity index (χ0n) is 8.72. The zero-order chi connectivity index (χ0) is 10.7. The highest BCUT2D eigenvalue weighted by Gasteiger charge is 2.18. The summed E-state index contributed by atoms with van der Waals surface area (Å²) in [5, 5.41) is 3.56. The number of hydrogen-bond acceptors (Lipinski definition) is 4. The van der Waals surface area contributed by atoms with Crippen molar-refractivity contribution >= 4 is 17.4 Å². The molecule has 4 nitrogen and oxygen atoms in total. The first-order valence-corrected chi connectivity index (χ1v) is 5.47. The van der Waals surface area contributed by atoms with E-state index in [4.69, 9.17) is 16.3 Å². The molecule has 0 atom stereocenters. The van der Waals surface area contributed by atoms with Crippen molar-refractivity contribution in [3.8, 4) is 0 Å². The van der Waals surface area contributed by atoms with E-state index in [9.17, 15) is 0 Å². The first-order chi connectivity index (χ1) is 7.31. The number of hydrogen-bond donors (Lipinski definition) is 1. The van der Waals surface area contributed by atoms with Gasteiger partial charge in [-0.25, -0.2) is 9.97 Å². The van der Waals surface area contributed by atoms with Gasteiger partial charge in [-0.1, -0.05) is 0 Å². The third kappa shape index (κ3) is 2.38. The van der Waals surface area contributed by atoms with E-state index < -0.39 is 0 Å². The van der Waals surface area contributed by atoms with E-state index in [0.29, 0.717) is 11.9 Å². The summed E-state index contributed by atoms with van der Waals surface area (Å²) >= 11 is 5.85. The molecule has 2 rings (SSSR count). The minimum atomic E-state index is 0.329. The highest BCUT2D eigenvalue weighted by Crippen LogP contribution is 2.27.